The molecule has 0 spiro atoms. The van der Waals surface area contributed by atoms with Crippen LogP contribution in [0.25, 0.3) is 11.3 Å². The number of rotatable bonds is 3. The number of nitrogens with zero attached hydrogens (tertiary/aromatic N) is 1. The van der Waals surface area contributed by atoms with Gasteiger partial charge in [0.05, 0.1) is 11.8 Å². The Morgan fingerprint density at radius 1 is 1.30 bits per heavy atom. The Bertz CT molecular complexity index is 657. The van der Waals surface area contributed by atoms with Crippen LogP contribution in [0.2, 0.25) is 0 Å². The fraction of sp³-hybridized carbons (Fsp3) is 0.438. The third kappa shape index (κ3) is 1.95. The van der Waals surface area contributed by atoms with Crippen molar-refractivity contribution in [1.82, 2.24) is 9.55 Å². The van der Waals surface area contributed by atoms with Gasteiger partial charge in [-0.25, -0.2) is 0 Å². The van der Waals surface area contributed by atoms with Gasteiger partial charge in [-0.2, -0.15) is 0 Å². The van der Waals surface area contributed by atoms with Gasteiger partial charge in [0.25, 0.3) is 0 Å². The van der Waals surface area contributed by atoms with Crippen molar-refractivity contribution in [2.75, 3.05) is 7.11 Å². The molecule has 3 nitrogen and oxygen atoms in total. The van der Waals surface area contributed by atoms with Gasteiger partial charge in [-0.05, 0) is 24.2 Å². The van der Waals surface area contributed by atoms with E-state index in [0.717, 1.165) is 16.9 Å². The summed E-state index contributed by atoms with van der Waals surface area (Å²) in [7, 11) is 1.79. The van der Waals surface area contributed by atoms with E-state index in [-0.39, 0.29) is 5.41 Å². The van der Waals surface area contributed by atoms with Crippen LogP contribution in [0.1, 0.15) is 26.3 Å². The number of H-pyrrole nitrogens is 1. The highest BCUT2D eigenvalue weighted by molar-refractivity contribution is 7.71. The van der Waals surface area contributed by atoms with E-state index in [2.05, 4.69) is 47.7 Å². The van der Waals surface area contributed by atoms with Crippen molar-refractivity contribution in [1.29, 1.82) is 0 Å². The Morgan fingerprint density at radius 3 is 2.60 bits per heavy atom. The molecule has 1 N–H and O–H groups in total. The lowest BCUT2D eigenvalue weighted by atomic mass is 9.64. The lowest BCUT2D eigenvalue weighted by Gasteiger charge is -2.51. The summed E-state index contributed by atoms with van der Waals surface area (Å²) in [5.41, 5.74) is 2.44. The van der Waals surface area contributed by atoms with Crippen LogP contribution in [0.5, 0.6) is 0 Å². The lowest BCUT2D eigenvalue weighted by molar-refractivity contribution is -0.112. The molecule has 1 aromatic carbocycles. The molecule has 1 aromatic heterocycles. The van der Waals surface area contributed by atoms with Crippen LogP contribution in [0.4, 0.5) is 0 Å². The average molecular weight is 288 g/mol. The second kappa shape index (κ2) is 4.86. The average Bonchev–Trinajstić information content (AvgIpc) is 2.81. The number of hydrogen-bond donors (Lipinski definition) is 1. The fourth-order valence-corrected chi connectivity index (χ4v) is 3.51. The molecule has 1 aliphatic rings. The zero-order valence-electron chi connectivity index (χ0n) is 12.1. The minimum absolute atomic E-state index is 0.0959. The molecule has 106 valence electrons. The number of aromatic amines is 1. The van der Waals surface area contributed by atoms with Crippen LogP contribution >= 0.6 is 12.2 Å². The highest BCUT2D eigenvalue weighted by atomic mass is 32.1. The fourth-order valence-electron chi connectivity index (χ4n) is 3.22. The van der Waals surface area contributed by atoms with Crippen LogP contribution in [0, 0.1) is 10.2 Å². The zero-order valence-corrected chi connectivity index (χ0v) is 12.9. The Kier molecular flexibility index (Phi) is 3.30. The molecule has 1 aliphatic carbocycles. The molecular weight excluding hydrogens is 268 g/mol. The molecule has 3 rings (SSSR count). The van der Waals surface area contributed by atoms with Crippen LogP contribution in [0.3, 0.4) is 0 Å². The number of methoxy groups -OCH3 is 1. The number of hydrogen-bond acceptors (Lipinski definition) is 2. The molecule has 20 heavy (non-hydrogen) atoms. The van der Waals surface area contributed by atoms with Crippen LogP contribution in [-0.2, 0) is 4.74 Å². The van der Waals surface area contributed by atoms with Crippen molar-refractivity contribution < 1.29 is 4.74 Å². The molecule has 0 saturated heterocycles. The Balaban J connectivity index is 2.04. The summed E-state index contributed by atoms with van der Waals surface area (Å²) in [6.07, 6.45) is 3.32. The van der Waals surface area contributed by atoms with Gasteiger partial charge in [0, 0.05) is 24.8 Å². The predicted octanol–water partition coefficient (Wildman–Crippen LogP) is 4.20. The highest BCUT2D eigenvalue weighted by Gasteiger charge is 2.50. The molecule has 0 amide bonds. The summed E-state index contributed by atoms with van der Waals surface area (Å²) < 4.78 is 8.60. The molecule has 2 aromatic rings. The zero-order chi connectivity index (χ0) is 14.3. The Labute approximate surface area is 124 Å². The first-order chi connectivity index (χ1) is 9.55. The molecule has 1 saturated carbocycles. The minimum atomic E-state index is 0.0959. The second-order valence-corrected chi connectivity index (χ2v) is 6.40. The Hall–Kier alpha value is -1.39. The molecule has 2 atom stereocenters. The molecular formula is C16H20N2OS. The number of imidazole rings is 1. The molecule has 4 heteroatoms. The van der Waals surface area contributed by atoms with E-state index in [0.29, 0.717) is 12.1 Å². The van der Waals surface area contributed by atoms with Crippen LogP contribution in [0.15, 0.2) is 36.5 Å². The molecule has 0 bridgehead atoms. The SMILES string of the molecule is COC1CC(n2c(-c3ccccc3)c[nH]c2=S)C1(C)C. The first-order valence-corrected chi connectivity index (χ1v) is 7.34. The Morgan fingerprint density at radius 2 is 2.00 bits per heavy atom. The standard InChI is InChI=1S/C16H20N2OS/c1-16(2)13(9-14(16)19-3)18-12(10-17-15(18)20)11-7-5-4-6-8-11/h4-8,10,13-14H,9H2,1-3H3,(H,17,20). The van der Waals surface area contributed by atoms with Gasteiger partial charge >= 0.3 is 0 Å². The molecule has 2 unspecified atom stereocenters. The summed E-state index contributed by atoms with van der Waals surface area (Å²) in [6, 6.07) is 10.8. The summed E-state index contributed by atoms with van der Waals surface area (Å²) in [6.45, 7) is 4.50. The second-order valence-electron chi connectivity index (χ2n) is 6.01. The maximum atomic E-state index is 5.56. The number of ether oxygens (including phenoxy) is 1. The summed E-state index contributed by atoms with van der Waals surface area (Å²) in [5, 5.41) is 0. The van der Waals surface area contributed by atoms with E-state index >= 15 is 0 Å². The lowest BCUT2D eigenvalue weighted by Crippen LogP contribution is -2.51. The van der Waals surface area contributed by atoms with Crippen LogP contribution in [-0.4, -0.2) is 22.8 Å². The van der Waals surface area contributed by atoms with Gasteiger partial charge in [-0.3, -0.25) is 0 Å². The summed E-state index contributed by atoms with van der Waals surface area (Å²) in [5.74, 6) is 0. The van der Waals surface area contributed by atoms with Crippen molar-refractivity contribution in [3.05, 3.63) is 41.3 Å². The molecule has 0 aliphatic heterocycles. The van der Waals surface area contributed by atoms with Crippen molar-refractivity contribution >= 4 is 12.2 Å². The first kappa shape index (κ1) is 13.6. The van der Waals surface area contributed by atoms with Crippen molar-refractivity contribution in [3.63, 3.8) is 0 Å². The van der Waals surface area contributed by atoms with Crippen molar-refractivity contribution in [2.24, 2.45) is 5.41 Å². The van der Waals surface area contributed by atoms with Gasteiger partial charge < -0.3 is 14.3 Å². The van der Waals surface area contributed by atoms with Gasteiger partial charge in [-0.15, -0.1) is 0 Å². The van der Waals surface area contributed by atoms with E-state index in [9.17, 15) is 0 Å². The maximum absolute atomic E-state index is 5.56. The maximum Gasteiger partial charge on any atom is 0.177 e. The quantitative estimate of drug-likeness (QED) is 0.858. The van der Waals surface area contributed by atoms with E-state index < -0.39 is 0 Å². The minimum Gasteiger partial charge on any atom is -0.381 e. The first-order valence-electron chi connectivity index (χ1n) is 6.94. The smallest absolute Gasteiger partial charge is 0.177 e. The molecule has 0 radical (unpaired) electrons. The van der Waals surface area contributed by atoms with E-state index in [1.807, 2.05) is 12.3 Å². The monoisotopic (exact) mass is 288 g/mol. The van der Waals surface area contributed by atoms with Gasteiger partial charge in [0.2, 0.25) is 0 Å². The van der Waals surface area contributed by atoms with Gasteiger partial charge in [0.1, 0.15) is 0 Å². The van der Waals surface area contributed by atoms with Crippen molar-refractivity contribution in [2.45, 2.75) is 32.4 Å². The predicted molar refractivity (Wildman–Crippen MR) is 83.3 cm³/mol. The number of aromatic nitrogens is 2. The van der Waals surface area contributed by atoms with Crippen molar-refractivity contribution in [3.8, 4) is 11.3 Å². The van der Waals surface area contributed by atoms with E-state index in [1.54, 1.807) is 7.11 Å². The largest absolute Gasteiger partial charge is 0.381 e. The molecule has 1 heterocycles. The van der Waals surface area contributed by atoms with Crippen LogP contribution < -0.4 is 0 Å². The van der Waals surface area contributed by atoms with E-state index in [4.69, 9.17) is 17.0 Å². The summed E-state index contributed by atoms with van der Waals surface area (Å²) in [4.78, 5) is 3.19. The topological polar surface area (TPSA) is 29.9 Å². The van der Waals surface area contributed by atoms with Gasteiger partial charge in [-0.1, -0.05) is 44.2 Å². The van der Waals surface area contributed by atoms with E-state index in [1.165, 1.54) is 5.56 Å². The third-order valence-electron chi connectivity index (χ3n) is 4.60. The highest BCUT2D eigenvalue weighted by Crippen LogP contribution is 2.52. The third-order valence-corrected chi connectivity index (χ3v) is 4.92. The summed E-state index contributed by atoms with van der Waals surface area (Å²) >= 11 is 5.49. The molecule has 1 fully saturated rings. The number of benzene rings is 1. The van der Waals surface area contributed by atoms with Gasteiger partial charge in [0.15, 0.2) is 4.77 Å². The normalized spacial score (nSPS) is 24.4. The number of nitrogens with one attached hydrogen (secondary N) is 1.